The van der Waals surface area contributed by atoms with Crippen molar-refractivity contribution in [1.82, 2.24) is 4.57 Å². The average molecular weight is 185 g/mol. The third-order valence-corrected chi connectivity index (χ3v) is 3.26. The molecule has 2 aromatic rings. The molecule has 0 aliphatic heterocycles. The van der Waals surface area contributed by atoms with E-state index in [4.69, 9.17) is 0 Å². The summed E-state index contributed by atoms with van der Waals surface area (Å²) in [7, 11) is 2.12. The fourth-order valence-corrected chi connectivity index (χ4v) is 2.28. The molecule has 1 heterocycles. The molecule has 1 saturated carbocycles. The molecule has 1 fully saturated rings. The molecular weight excluding hydrogens is 170 g/mol. The third kappa shape index (κ3) is 1.08. The van der Waals surface area contributed by atoms with Crippen LogP contribution in [-0.4, -0.2) is 4.57 Å². The van der Waals surface area contributed by atoms with Crippen LogP contribution in [0, 0.1) is 6.92 Å². The highest BCUT2D eigenvalue weighted by atomic mass is 14.9. The molecule has 0 spiro atoms. The predicted molar refractivity (Wildman–Crippen MR) is 59.6 cm³/mol. The lowest BCUT2D eigenvalue weighted by molar-refractivity contribution is 0.963. The smallest absolute Gasteiger partial charge is 0.0480 e. The molecule has 1 aliphatic carbocycles. The van der Waals surface area contributed by atoms with Gasteiger partial charge in [-0.1, -0.05) is 6.07 Å². The second-order valence-electron chi connectivity index (χ2n) is 4.47. The van der Waals surface area contributed by atoms with Gasteiger partial charge in [-0.3, -0.25) is 0 Å². The molecule has 0 unspecified atom stereocenters. The molecule has 0 bridgehead atoms. The van der Waals surface area contributed by atoms with Gasteiger partial charge in [0.15, 0.2) is 0 Å². The molecule has 1 nitrogen and oxygen atoms in total. The van der Waals surface area contributed by atoms with E-state index in [1.165, 1.54) is 34.9 Å². The van der Waals surface area contributed by atoms with Crippen LogP contribution in [0.2, 0.25) is 0 Å². The molecule has 14 heavy (non-hydrogen) atoms. The van der Waals surface area contributed by atoms with Crippen molar-refractivity contribution in [2.24, 2.45) is 7.05 Å². The Morgan fingerprint density at radius 1 is 1.29 bits per heavy atom. The van der Waals surface area contributed by atoms with Crippen molar-refractivity contribution >= 4 is 10.9 Å². The van der Waals surface area contributed by atoms with Crippen molar-refractivity contribution < 1.29 is 0 Å². The normalized spacial score (nSPS) is 16.4. The van der Waals surface area contributed by atoms with E-state index < -0.39 is 0 Å². The fourth-order valence-electron chi connectivity index (χ4n) is 2.28. The summed E-state index contributed by atoms with van der Waals surface area (Å²) in [5, 5.41) is 1.43. The van der Waals surface area contributed by atoms with Gasteiger partial charge in [0, 0.05) is 24.1 Å². The van der Waals surface area contributed by atoms with E-state index in [9.17, 15) is 0 Å². The van der Waals surface area contributed by atoms with E-state index in [-0.39, 0.29) is 0 Å². The minimum absolute atomic E-state index is 0.860. The Balaban J connectivity index is 2.26. The maximum atomic E-state index is 2.38. The molecule has 0 radical (unpaired) electrons. The number of nitrogens with zero attached hydrogens (tertiary/aromatic N) is 1. The van der Waals surface area contributed by atoms with E-state index in [1.807, 2.05) is 0 Å². The zero-order chi connectivity index (χ0) is 9.71. The quantitative estimate of drug-likeness (QED) is 0.642. The number of hydrogen-bond acceptors (Lipinski definition) is 0. The number of benzene rings is 1. The Morgan fingerprint density at radius 2 is 2.07 bits per heavy atom. The summed E-state index contributed by atoms with van der Waals surface area (Å²) in [5.41, 5.74) is 4.28. The summed E-state index contributed by atoms with van der Waals surface area (Å²) < 4.78 is 2.21. The van der Waals surface area contributed by atoms with Crippen LogP contribution in [0.3, 0.4) is 0 Å². The van der Waals surface area contributed by atoms with Gasteiger partial charge in [0.1, 0.15) is 0 Å². The highest BCUT2D eigenvalue weighted by Gasteiger charge is 2.23. The number of fused-ring (bicyclic) bond motifs is 1. The number of aryl methyl sites for hydroxylation is 2. The zero-order valence-electron chi connectivity index (χ0n) is 8.75. The third-order valence-electron chi connectivity index (χ3n) is 3.26. The van der Waals surface area contributed by atoms with Crippen molar-refractivity contribution in [3.8, 4) is 0 Å². The van der Waals surface area contributed by atoms with Gasteiger partial charge in [-0.25, -0.2) is 0 Å². The Morgan fingerprint density at radius 3 is 2.79 bits per heavy atom. The fraction of sp³-hybridized carbons (Fsp3) is 0.385. The lowest BCUT2D eigenvalue weighted by atomic mass is 10.1. The Bertz CT molecular complexity index is 489. The molecule has 1 aromatic carbocycles. The van der Waals surface area contributed by atoms with Crippen molar-refractivity contribution in [1.29, 1.82) is 0 Å². The van der Waals surface area contributed by atoms with E-state index in [0.717, 1.165) is 5.92 Å². The van der Waals surface area contributed by atoms with Crippen LogP contribution >= 0.6 is 0 Å². The minimum Gasteiger partial charge on any atom is -0.350 e. The van der Waals surface area contributed by atoms with Gasteiger partial charge in [-0.15, -0.1) is 0 Å². The lowest BCUT2D eigenvalue weighted by Gasteiger charge is -2.00. The van der Waals surface area contributed by atoms with E-state index in [0.29, 0.717) is 0 Å². The number of rotatable bonds is 1. The lowest BCUT2D eigenvalue weighted by Crippen LogP contribution is -1.84. The van der Waals surface area contributed by atoms with Crippen molar-refractivity contribution in [2.75, 3.05) is 0 Å². The van der Waals surface area contributed by atoms with Crippen LogP contribution in [0.5, 0.6) is 0 Å². The highest BCUT2D eigenvalue weighted by molar-refractivity contribution is 5.84. The van der Waals surface area contributed by atoms with Gasteiger partial charge in [0.25, 0.3) is 0 Å². The number of hydrogen-bond donors (Lipinski definition) is 0. The largest absolute Gasteiger partial charge is 0.350 e. The summed E-state index contributed by atoms with van der Waals surface area (Å²) in [5.74, 6) is 0.860. The van der Waals surface area contributed by atoms with Gasteiger partial charge in [-0.05, 0) is 48.9 Å². The summed E-state index contributed by atoms with van der Waals surface area (Å²) in [6, 6.07) is 6.93. The second kappa shape index (κ2) is 2.63. The second-order valence-corrected chi connectivity index (χ2v) is 4.47. The highest BCUT2D eigenvalue weighted by Crippen LogP contribution is 2.41. The number of aromatic nitrogens is 1. The minimum atomic E-state index is 0.860. The first-order chi connectivity index (χ1) is 6.75. The van der Waals surface area contributed by atoms with E-state index in [2.05, 4.69) is 42.9 Å². The van der Waals surface area contributed by atoms with Crippen LogP contribution in [-0.2, 0) is 7.05 Å². The van der Waals surface area contributed by atoms with E-state index >= 15 is 0 Å². The van der Waals surface area contributed by atoms with Crippen molar-refractivity contribution in [2.45, 2.75) is 25.7 Å². The Labute approximate surface area is 84.4 Å². The van der Waals surface area contributed by atoms with Gasteiger partial charge in [0.2, 0.25) is 0 Å². The summed E-state index contributed by atoms with van der Waals surface area (Å²) in [4.78, 5) is 0. The van der Waals surface area contributed by atoms with E-state index in [1.54, 1.807) is 0 Å². The SMILES string of the molecule is Cc1cn(C)c2ccc(C3CC3)cc12. The van der Waals surface area contributed by atoms with Crippen LogP contribution in [0.1, 0.15) is 29.9 Å². The maximum absolute atomic E-state index is 2.38. The summed E-state index contributed by atoms with van der Waals surface area (Å²) in [6.07, 6.45) is 4.98. The first kappa shape index (κ1) is 8.10. The molecule has 0 atom stereocenters. The van der Waals surface area contributed by atoms with Gasteiger partial charge >= 0.3 is 0 Å². The van der Waals surface area contributed by atoms with Gasteiger partial charge in [-0.2, -0.15) is 0 Å². The molecule has 0 N–H and O–H groups in total. The molecule has 1 aromatic heterocycles. The Kier molecular flexibility index (Phi) is 1.52. The molecule has 3 rings (SSSR count). The first-order valence-corrected chi connectivity index (χ1v) is 5.31. The monoisotopic (exact) mass is 185 g/mol. The molecule has 1 aliphatic rings. The summed E-state index contributed by atoms with van der Waals surface area (Å²) in [6.45, 7) is 2.19. The maximum Gasteiger partial charge on any atom is 0.0480 e. The summed E-state index contributed by atoms with van der Waals surface area (Å²) >= 11 is 0. The average Bonchev–Trinajstić information content (AvgIpc) is 2.96. The molecule has 0 amide bonds. The topological polar surface area (TPSA) is 4.93 Å². The van der Waals surface area contributed by atoms with Crippen LogP contribution in [0.25, 0.3) is 10.9 Å². The van der Waals surface area contributed by atoms with Crippen molar-refractivity contribution in [3.63, 3.8) is 0 Å². The molecule has 72 valence electrons. The molecular formula is C13H15N. The Hall–Kier alpha value is -1.24. The zero-order valence-corrected chi connectivity index (χ0v) is 8.75. The van der Waals surface area contributed by atoms with Crippen LogP contribution < -0.4 is 0 Å². The molecule has 1 heteroatoms. The molecule has 0 saturated heterocycles. The van der Waals surface area contributed by atoms with Crippen LogP contribution in [0.4, 0.5) is 0 Å². The van der Waals surface area contributed by atoms with Crippen molar-refractivity contribution in [3.05, 3.63) is 35.5 Å². The predicted octanol–water partition coefficient (Wildman–Crippen LogP) is 3.36. The van der Waals surface area contributed by atoms with Crippen LogP contribution in [0.15, 0.2) is 24.4 Å². The first-order valence-electron chi connectivity index (χ1n) is 5.31. The van der Waals surface area contributed by atoms with Gasteiger partial charge in [0.05, 0.1) is 0 Å². The van der Waals surface area contributed by atoms with Gasteiger partial charge < -0.3 is 4.57 Å². The standard InChI is InChI=1S/C13H15N/c1-9-8-14(2)13-6-5-11(7-12(9)13)10-3-4-10/h5-8,10H,3-4H2,1-2H3.